The molecule has 164 valence electrons. The van der Waals surface area contributed by atoms with E-state index in [1.807, 2.05) is 30.3 Å². The van der Waals surface area contributed by atoms with E-state index in [1.54, 1.807) is 13.2 Å². The Kier molecular flexibility index (Phi) is 10.6. The first-order valence-electron chi connectivity index (χ1n) is 10.6. The van der Waals surface area contributed by atoms with Crippen LogP contribution in [0.3, 0.4) is 0 Å². The molecule has 2 aromatic rings. The number of rotatable bonds is 13. The lowest BCUT2D eigenvalue weighted by Gasteiger charge is -2.14. The molecule has 0 fully saturated rings. The van der Waals surface area contributed by atoms with Crippen LogP contribution in [0.2, 0.25) is 0 Å². The van der Waals surface area contributed by atoms with Crippen molar-refractivity contribution in [2.75, 3.05) is 20.3 Å². The van der Waals surface area contributed by atoms with E-state index in [4.69, 9.17) is 14.2 Å². The molecule has 0 unspecified atom stereocenters. The van der Waals surface area contributed by atoms with Gasteiger partial charge in [0.1, 0.15) is 5.75 Å². The number of unbranched alkanes of at least 4 members (excludes halogenated alkanes) is 3. The topological polar surface area (TPSA) is 56.8 Å². The Balaban J connectivity index is 2.01. The molecule has 0 aliphatic rings. The number of carbonyl (C=O) groups excluding carboxylic acids is 1. The second-order valence-corrected chi connectivity index (χ2v) is 7.98. The summed E-state index contributed by atoms with van der Waals surface area (Å²) >= 11 is 3.44. The van der Waals surface area contributed by atoms with Crippen LogP contribution >= 0.6 is 15.9 Å². The lowest BCUT2D eigenvalue weighted by Crippen LogP contribution is -2.23. The van der Waals surface area contributed by atoms with Gasteiger partial charge in [0.2, 0.25) is 0 Å². The third-order valence-electron chi connectivity index (χ3n) is 4.58. The van der Waals surface area contributed by atoms with Gasteiger partial charge >= 0.3 is 0 Å². The van der Waals surface area contributed by atoms with Crippen LogP contribution in [0, 0.1) is 0 Å². The molecule has 0 atom stereocenters. The maximum Gasteiger partial charge on any atom is 0.255 e. The first kappa shape index (κ1) is 24.1. The summed E-state index contributed by atoms with van der Waals surface area (Å²) in [6.07, 6.45) is 5.42. The number of hydrogen-bond acceptors (Lipinski definition) is 4. The van der Waals surface area contributed by atoms with Crippen molar-refractivity contribution < 1.29 is 19.0 Å². The fraction of sp³-hybridized carbons (Fsp3) is 0.458. The zero-order valence-electron chi connectivity index (χ0n) is 18.1. The van der Waals surface area contributed by atoms with Gasteiger partial charge in [-0.15, -0.1) is 0 Å². The van der Waals surface area contributed by atoms with Crippen LogP contribution in [0.4, 0.5) is 0 Å². The molecule has 2 aromatic carbocycles. The molecule has 0 bridgehead atoms. The van der Waals surface area contributed by atoms with Gasteiger partial charge in [-0.1, -0.05) is 55.1 Å². The molecule has 0 saturated heterocycles. The Morgan fingerprint density at radius 3 is 2.40 bits per heavy atom. The highest BCUT2D eigenvalue weighted by Gasteiger charge is 2.14. The van der Waals surface area contributed by atoms with Gasteiger partial charge in [-0.05, 0) is 48.7 Å². The highest BCUT2D eigenvalue weighted by molar-refractivity contribution is 9.10. The SMILES string of the molecule is CCCCCCOc1ccc(Br)cc1C(=O)NCc1ccc(OCCC)c(OC)c1. The minimum atomic E-state index is -0.176. The van der Waals surface area contributed by atoms with Crippen LogP contribution in [0.25, 0.3) is 0 Å². The van der Waals surface area contributed by atoms with Crippen molar-refractivity contribution in [1.29, 1.82) is 0 Å². The molecule has 1 N–H and O–H groups in total. The van der Waals surface area contributed by atoms with E-state index in [0.717, 1.165) is 29.3 Å². The van der Waals surface area contributed by atoms with Crippen molar-refractivity contribution in [3.05, 3.63) is 52.0 Å². The third kappa shape index (κ3) is 7.56. The third-order valence-corrected chi connectivity index (χ3v) is 5.08. The maximum absolute atomic E-state index is 12.8. The number of halogens is 1. The van der Waals surface area contributed by atoms with Gasteiger partial charge in [-0.25, -0.2) is 0 Å². The van der Waals surface area contributed by atoms with Gasteiger partial charge in [0.05, 0.1) is 25.9 Å². The molecule has 0 heterocycles. The fourth-order valence-electron chi connectivity index (χ4n) is 2.95. The molecule has 6 heteroatoms. The average Bonchev–Trinajstić information content (AvgIpc) is 2.76. The standard InChI is InChI=1S/C24H32BrNO4/c1-4-6-7-8-14-30-21-12-10-19(25)16-20(21)24(27)26-17-18-9-11-22(29-13-5-2)23(15-18)28-3/h9-12,15-16H,4-8,13-14,17H2,1-3H3,(H,26,27). The molecule has 0 radical (unpaired) electrons. The van der Waals surface area contributed by atoms with E-state index in [2.05, 4.69) is 35.1 Å². The molecule has 2 rings (SSSR count). The lowest BCUT2D eigenvalue weighted by atomic mass is 10.1. The molecule has 0 aliphatic carbocycles. The van der Waals surface area contributed by atoms with E-state index >= 15 is 0 Å². The summed E-state index contributed by atoms with van der Waals surface area (Å²) in [4.78, 5) is 12.8. The Bertz CT molecular complexity index is 810. The maximum atomic E-state index is 12.8. The predicted octanol–water partition coefficient (Wildman–Crippen LogP) is 6.14. The minimum absolute atomic E-state index is 0.176. The van der Waals surface area contributed by atoms with E-state index in [0.29, 0.717) is 42.6 Å². The lowest BCUT2D eigenvalue weighted by molar-refractivity contribution is 0.0946. The molecule has 0 aliphatic heterocycles. The van der Waals surface area contributed by atoms with Crippen molar-refractivity contribution in [2.45, 2.75) is 52.5 Å². The van der Waals surface area contributed by atoms with Gasteiger partial charge in [-0.3, -0.25) is 4.79 Å². The Hall–Kier alpha value is -2.21. The largest absolute Gasteiger partial charge is 0.493 e. The molecule has 1 amide bonds. The van der Waals surface area contributed by atoms with Gasteiger partial charge in [0.15, 0.2) is 11.5 Å². The van der Waals surface area contributed by atoms with Crippen LogP contribution < -0.4 is 19.5 Å². The van der Waals surface area contributed by atoms with E-state index in [-0.39, 0.29) is 5.91 Å². The van der Waals surface area contributed by atoms with Crippen molar-refractivity contribution in [3.63, 3.8) is 0 Å². The van der Waals surface area contributed by atoms with E-state index in [1.165, 1.54) is 12.8 Å². The minimum Gasteiger partial charge on any atom is -0.493 e. The molecule has 0 saturated carbocycles. The Labute approximate surface area is 188 Å². The summed E-state index contributed by atoms with van der Waals surface area (Å²) in [6, 6.07) is 11.2. The number of methoxy groups -OCH3 is 1. The van der Waals surface area contributed by atoms with Gasteiger partial charge in [0, 0.05) is 11.0 Å². The summed E-state index contributed by atoms with van der Waals surface area (Å²) in [6.45, 7) is 5.86. The molecular formula is C24H32BrNO4. The first-order valence-corrected chi connectivity index (χ1v) is 11.4. The highest BCUT2D eigenvalue weighted by Crippen LogP contribution is 2.28. The normalized spacial score (nSPS) is 10.5. The Morgan fingerprint density at radius 1 is 0.900 bits per heavy atom. The second kappa shape index (κ2) is 13.2. The van der Waals surface area contributed by atoms with Crippen LogP contribution in [-0.2, 0) is 6.54 Å². The second-order valence-electron chi connectivity index (χ2n) is 7.07. The summed E-state index contributed by atoms with van der Waals surface area (Å²) in [5, 5.41) is 2.97. The van der Waals surface area contributed by atoms with Crippen LogP contribution in [0.15, 0.2) is 40.9 Å². The number of hydrogen-bond donors (Lipinski definition) is 1. The average molecular weight is 478 g/mol. The number of nitrogens with one attached hydrogen (secondary N) is 1. The van der Waals surface area contributed by atoms with Crippen molar-refractivity contribution >= 4 is 21.8 Å². The number of ether oxygens (including phenoxy) is 3. The molecule has 30 heavy (non-hydrogen) atoms. The zero-order chi connectivity index (χ0) is 21.8. The van der Waals surface area contributed by atoms with Crippen LogP contribution in [0.5, 0.6) is 17.2 Å². The summed E-state index contributed by atoms with van der Waals surface area (Å²) in [7, 11) is 1.61. The van der Waals surface area contributed by atoms with E-state index < -0.39 is 0 Å². The van der Waals surface area contributed by atoms with E-state index in [9.17, 15) is 4.79 Å². The number of benzene rings is 2. The smallest absolute Gasteiger partial charge is 0.255 e. The number of amides is 1. The van der Waals surface area contributed by atoms with Gasteiger partial charge < -0.3 is 19.5 Å². The van der Waals surface area contributed by atoms with Gasteiger partial charge in [0.25, 0.3) is 5.91 Å². The quantitative estimate of drug-likeness (QED) is 0.352. The summed E-state index contributed by atoms with van der Waals surface area (Å²) in [5.41, 5.74) is 1.45. The Morgan fingerprint density at radius 2 is 1.67 bits per heavy atom. The van der Waals surface area contributed by atoms with Crippen LogP contribution in [0.1, 0.15) is 61.9 Å². The summed E-state index contributed by atoms with van der Waals surface area (Å²) in [5.74, 6) is 1.80. The van der Waals surface area contributed by atoms with Crippen molar-refractivity contribution in [3.8, 4) is 17.2 Å². The van der Waals surface area contributed by atoms with Crippen LogP contribution in [-0.4, -0.2) is 26.2 Å². The van der Waals surface area contributed by atoms with Crippen molar-refractivity contribution in [1.82, 2.24) is 5.32 Å². The highest BCUT2D eigenvalue weighted by atomic mass is 79.9. The van der Waals surface area contributed by atoms with Crippen molar-refractivity contribution in [2.24, 2.45) is 0 Å². The zero-order valence-corrected chi connectivity index (χ0v) is 19.7. The first-order chi connectivity index (χ1) is 14.6. The molecule has 5 nitrogen and oxygen atoms in total. The number of carbonyl (C=O) groups is 1. The fourth-order valence-corrected chi connectivity index (χ4v) is 3.31. The molecule has 0 aromatic heterocycles. The summed E-state index contributed by atoms with van der Waals surface area (Å²) < 4.78 is 17.8. The molecule has 0 spiro atoms. The monoisotopic (exact) mass is 477 g/mol. The molecular weight excluding hydrogens is 446 g/mol. The van der Waals surface area contributed by atoms with Gasteiger partial charge in [-0.2, -0.15) is 0 Å². The predicted molar refractivity (Wildman–Crippen MR) is 124 cm³/mol.